The van der Waals surface area contributed by atoms with Gasteiger partial charge in [0.25, 0.3) is 0 Å². The van der Waals surface area contributed by atoms with E-state index in [4.69, 9.17) is 4.74 Å². The summed E-state index contributed by atoms with van der Waals surface area (Å²) in [5.41, 5.74) is 5.95. The van der Waals surface area contributed by atoms with Crippen molar-refractivity contribution in [2.24, 2.45) is 0 Å². The molecule has 0 unspecified atom stereocenters. The van der Waals surface area contributed by atoms with Gasteiger partial charge in [0.2, 0.25) is 0 Å². The number of hydrogen-bond donors (Lipinski definition) is 4. The molecule has 3 rings (SSSR count). The van der Waals surface area contributed by atoms with Crippen molar-refractivity contribution in [3.8, 4) is 11.5 Å². The third-order valence-electron chi connectivity index (χ3n) is 8.19. The van der Waals surface area contributed by atoms with Crippen LogP contribution in [0.1, 0.15) is 123 Å². The number of benzene rings is 2. The fourth-order valence-corrected chi connectivity index (χ4v) is 5.33. The standard InChI is InChI=1S/C35H56N2O3/c1-32(2,3)24-15-22(30(38)26(17-24)34(7,8)9)19-36-28-13-14-40-21-29(28)37-20-23-16-25(33(4,5)6)18-27(31(23)39)35(10,11)12/h15-18,28-29,36-39H,13-14,19-21H2,1-12H3/t28-,29-/m0/s1. The lowest BCUT2D eigenvalue weighted by Gasteiger charge is -2.34. The van der Waals surface area contributed by atoms with E-state index >= 15 is 0 Å². The molecule has 2 aromatic carbocycles. The van der Waals surface area contributed by atoms with Gasteiger partial charge in [-0.25, -0.2) is 0 Å². The summed E-state index contributed by atoms with van der Waals surface area (Å²) in [6.07, 6.45) is 0.880. The molecule has 5 heteroatoms. The summed E-state index contributed by atoms with van der Waals surface area (Å²) < 4.78 is 5.88. The Bertz CT molecular complexity index is 1080. The Morgan fingerprint density at radius 3 is 1.40 bits per heavy atom. The zero-order valence-electron chi connectivity index (χ0n) is 27.3. The highest BCUT2D eigenvalue weighted by atomic mass is 16.5. The Morgan fingerprint density at radius 1 is 0.625 bits per heavy atom. The second kappa shape index (κ2) is 11.7. The number of hydrogen-bond acceptors (Lipinski definition) is 5. The number of rotatable bonds is 6. The zero-order chi connectivity index (χ0) is 30.3. The van der Waals surface area contributed by atoms with E-state index in [1.54, 1.807) is 0 Å². The van der Waals surface area contributed by atoms with Gasteiger partial charge in [-0.15, -0.1) is 0 Å². The number of aromatic hydroxyl groups is 2. The van der Waals surface area contributed by atoms with E-state index in [1.807, 2.05) is 0 Å². The molecule has 2 atom stereocenters. The van der Waals surface area contributed by atoms with Crippen LogP contribution in [0.5, 0.6) is 11.5 Å². The van der Waals surface area contributed by atoms with Crippen molar-refractivity contribution < 1.29 is 14.9 Å². The van der Waals surface area contributed by atoms with Crippen molar-refractivity contribution in [2.45, 2.75) is 136 Å². The molecule has 5 nitrogen and oxygen atoms in total. The lowest BCUT2D eigenvalue weighted by molar-refractivity contribution is 0.0483. The summed E-state index contributed by atoms with van der Waals surface area (Å²) in [7, 11) is 0. The third kappa shape index (κ3) is 7.80. The number of ether oxygens (including phenoxy) is 1. The first kappa shape index (κ1) is 32.4. The summed E-state index contributed by atoms with van der Waals surface area (Å²) in [6.45, 7) is 28.7. The molecule has 0 radical (unpaired) electrons. The van der Waals surface area contributed by atoms with E-state index in [0.29, 0.717) is 37.8 Å². The second-order valence-electron chi connectivity index (χ2n) is 15.9. The van der Waals surface area contributed by atoms with Crippen molar-refractivity contribution in [2.75, 3.05) is 13.2 Å². The molecule has 1 saturated heterocycles. The lowest BCUT2D eigenvalue weighted by atomic mass is 9.79. The molecular formula is C35H56N2O3. The fraction of sp³-hybridized carbons (Fsp3) is 0.657. The number of phenolic OH excluding ortho intramolecular Hbond substituents is 2. The summed E-state index contributed by atoms with van der Waals surface area (Å²) in [5.74, 6) is 0.774. The Kier molecular flexibility index (Phi) is 9.45. The molecule has 2 aromatic rings. The molecule has 1 aliphatic rings. The van der Waals surface area contributed by atoms with Crippen LogP contribution in [0, 0.1) is 0 Å². The molecular weight excluding hydrogens is 496 g/mol. The molecule has 1 aliphatic heterocycles. The van der Waals surface area contributed by atoms with Gasteiger partial charge in [-0.05, 0) is 50.3 Å². The van der Waals surface area contributed by atoms with E-state index in [1.165, 1.54) is 11.1 Å². The van der Waals surface area contributed by atoms with Gasteiger partial charge in [0.1, 0.15) is 11.5 Å². The minimum atomic E-state index is -0.159. The van der Waals surface area contributed by atoms with Gasteiger partial charge in [0.15, 0.2) is 0 Å². The number of nitrogens with one attached hydrogen (secondary N) is 2. The van der Waals surface area contributed by atoms with E-state index in [9.17, 15) is 10.2 Å². The van der Waals surface area contributed by atoms with Gasteiger partial charge in [-0.1, -0.05) is 107 Å². The van der Waals surface area contributed by atoms with Crippen LogP contribution < -0.4 is 10.6 Å². The molecule has 0 bridgehead atoms. The maximum atomic E-state index is 11.3. The summed E-state index contributed by atoms with van der Waals surface area (Å²) in [6, 6.07) is 8.90. The van der Waals surface area contributed by atoms with Gasteiger partial charge in [-0.2, -0.15) is 0 Å². The first-order chi connectivity index (χ1) is 18.2. The molecule has 40 heavy (non-hydrogen) atoms. The van der Waals surface area contributed by atoms with Gasteiger partial charge in [0, 0.05) is 42.9 Å². The minimum Gasteiger partial charge on any atom is -0.507 e. The molecule has 0 saturated carbocycles. The molecule has 0 aromatic heterocycles. The van der Waals surface area contributed by atoms with Crippen LogP contribution in [0.15, 0.2) is 24.3 Å². The topological polar surface area (TPSA) is 73.8 Å². The summed E-state index contributed by atoms with van der Waals surface area (Å²) in [4.78, 5) is 0. The maximum Gasteiger partial charge on any atom is 0.123 e. The highest BCUT2D eigenvalue weighted by Crippen LogP contribution is 2.39. The predicted molar refractivity (Wildman–Crippen MR) is 168 cm³/mol. The molecule has 0 aliphatic carbocycles. The molecule has 1 heterocycles. The Labute approximate surface area is 244 Å². The third-order valence-corrected chi connectivity index (χ3v) is 8.19. The quantitative estimate of drug-likeness (QED) is 0.302. The first-order valence-electron chi connectivity index (χ1n) is 15.0. The van der Waals surface area contributed by atoms with Crippen molar-refractivity contribution in [1.29, 1.82) is 0 Å². The summed E-state index contributed by atoms with van der Waals surface area (Å²) >= 11 is 0. The molecule has 1 fully saturated rings. The van der Waals surface area contributed by atoms with E-state index in [2.05, 4.69) is 118 Å². The molecule has 0 amide bonds. The zero-order valence-corrected chi connectivity index (χ0v) is 27.3. The minimum absolute atomic E-state index is 0.0132. The average molecular weight is 553 g/mol. The van der Waals surface area contributed by atoms with E-state index in [-0.39, 0.29) is 33.7 Å². The monoisotopic (exact) mass is 552 g/mol. The van der Waals surface area contributed by atoms with E-state index < -0.39 is 0 Å². The predicted octanol–water partition coefficient (Wildman–Crippen LogP) is 7.32. The molecule has 4 N–H and O–H groups in total. The summed E-state index contributed by atoms with van der Waals surface area (Å²) in [5, 5.41) is 30.0. The van der Waals surface area contributed by atoms with Crippen LogP contribution in [-0.2, 0) is 39.5 Å². The van der Waals surface area contributed by atoms with Gasteiger partial charge >= 0.3 is 0 Å². The first-order valence-corrected chi connectivity index (χ1v) is 15.0. The van der Waals surface area contributed by atoms with Crippen molar-refractivity contribution >= 4 is 0 Å². The fourth-order valence-electron chi connectivity index (χ4n) is 5.33. The molecule has 224 valence electrons. The Morgan fingerprint density at radius 2 is 1.02 bits per heavy atom. The SMILES string of the molecule is CC(C)(C)c1cc(CN[C@H]2CCOC[C@@H]2NCc2cc(C(C)(C)C)cc(C(C)(C)C)c2O)c(O)c(C(C)(C)C)c1. The van der Waals surface area contributed by atoms with Gasteiger partial charge in [-0.3, -0.25) is 0 Å². The highest BCUT2D eigenvalue weighted by molar-refractivity contribution is 5.50. The second-order valence-corrected chi connectivity index (χ2v) is 15.9. The highest BCUT2D eigenvalue weighted by Gasteiger charge is 2.29. The van der Waals surface area contributed by atoms with Gasteiger partial charge in [0.05, 0.1) is 6.61 Å². The van der Waals surface area contributed by atoms with Crippen LogP contribution in [0.4, 0.5) is 0 Å². The normalized spacial score (nSPS) is 19.2. The van der Waals surface area contributed by atoms with Crippen LogP contribution in [0.3, 0.4) is 0 Å². The van der Waals surface area contributed by atoms with Crippen LogP contribution in [0.2, 0.25) is 0 Å². The van der Waals surface area contributed by atoms with Crippen molar-refractivity contribution in [3.05, 3.63) is 57.6 Å². The average Bonchev–Trinajstić information content (AvgIpc) is 2.80. The molecule has 0 spiro atoms. The largest absolute Gasteiger partial charge is 0.507 e. The Balaban J connectivity index is 1.84. The van der Waals surface area contributed by atoms with Crippen LogP contribution in [0.25, 0.3) is 0 Å². The van der Waals surface area contributed by atoms with Crippen molar-refractivity contribution in [1.82, 2.24) is 10.6 Å². The number of phenols is 2. The lowest BCUT2D eigenvalue weighted by Crippen LogP contribution is -2.53. The van der Waals surface area contributed by atoms with Crippen molar-refractivity contribution in [3.63, 3.8) is 0 Å². The van der Waals surface area contributed by atoms with Gasteiger partial charge < -0.3 is 25.6 Å². The smallest absolute Gasteiger partial charge is 0.123 e. The van der Waals surface area contributed by atoms with Crippen LogP contribution in [-0.4, -0.2) is 35.5 Å². The van der Waals surface area contributed by atoms with Crippen LogP contribution >= 0.6 is 0 Å². The maximum absolute atomic E-state index is 11.3. The Hall–Kier alpha value is -2.08. The van der Waals surface area contributed by atoms with E-state index in [0.717, 1.165) is 28.7 Å².